The number of nitrogens with zero attached hydrogens (tertiary/aromatic N) is 1. The first kappa shape index (κ1) is 19.3. The van der Waals surface area contributed by atoms with Gasteiger partial charge in [-0.15, -0.1) is 0 Å². The number of benzene rings is 2. The predicted molar refractivity (Wildman–Crippen MR) is 109 cm³/mol. The number of methoxy groups -OCH3 is 1. The zero-order chi connectivity index (χ0) is 19.2. The normalized spacial score (nSPS) is 10.6. The predicted octanol–water partition coefficient (Wildman–Crippen LogP) is 4.89. The Balaban J connectivity index is 1.68. The quantitative estimate of drug-likeness (QED) is 0.412. The smallest absolute Gasteiger partial charge is 0.269 e. The second-order valence-electron chi connectivity index (χ2n) is 5.76. The molecule has 0 atom stereocenters. The van der Waals surface area contributed by atoms with Crippen LogP contribution in [-0.4, -0.2) is 24.6 Å². The first-order valence-corrected chi connectivity index (χ1v) is 9.74. The lowest BCUT2D eigenvalue weighted by Gasteiger charge is -2.08. The largest absolute Gasteiger partial charge is 0.494 e. The number of anilines is 1. The fourth-order valence-electron chi connectivity index (χ4n) is 2.41. The molecule has 1 amide bonds. The van der Waals surface area contributed by atoms with Crippen LogP contribution in [0.1, 0.15) is 30.1 Å². The molecular weight excluding hydrogens is 386 g/mol. The van der Waals surface area contributed by atoms with Crippen LogP contribution in [0.4, 0.5) is 5.13 Å². The molecule has 6 nitrogen and oxygen atoms in total. The van der Waals surface area contributed by atoms with E-state index in [1.165, 1.54) is 11.3 Å². The Morgan fingerprint density at radius 2 is 2.15 bits per heavy atom. The van der Waals surface area contributed by atoms with Gasteiger partial charge in [0.1, 0.15) is 17.0 Å². The highest BCUT2D eigenvalue weighted by atomic mass is 35.5. The molecule has 8 heteroatoms. The molecule has 0 saturated heterocycles. The molecule has 2 N–H and O–H groups in total. The number of hydrogen-bond donors (Lipinski definition) is 2. The Bertz CT molecular complexity index is 945. The summed E-state index contributed by atoms with van der Waals surface area (Å²) in [6.45, 7) is 2.73. The van der Waals surface area contributed by atoms with Crippen LogP contribution in [-0.2, 0) is 0 Å². The summed E-state index contributed by atoms with van der Waals surface area (Å²) in [6, 6.07) is 10.6. The summed E-state index contributed by atoms with van der Waals surface area (Å²) >= 11 is 7.55. The Kier molecular flexibility index (Phi) is 6.36. The van der Waals surface area contributed by atoms with E-state index in [-0.39, 0.29) is 5.91 Å². The first-order chi connectivity index (χ1) is 13.1. The minimum Gasteiger partial charge on any atom is -0.494 e. The number of rotatable bonds is 8. The van der Waals surface area contributed by atoms with E-state index < -0.39 is 0 Å². The van der Waals surface area contributed by atoms with Gasteiger partial charge in [0.2, 0.25) is 5.13 Å². The number of aromatic nitrogens is 1. The van der Waals surface area contributed by atoms with Crippen LogP contribution in [0.25, 0.3) is 10.2 Å². The Morgan fingerprint density at radius 3 is 2.93 bits per heavy atom. The number of amides is 1. The van der Waals surface area contributed by atoms with Crippen molar-refractivity contribution < 1.29 is 14.3 Å². The van der Waals surface area contributed by atoms with Crippen LogP contribution >= 0.6 is 22.9 Å². The van der Waals surface area contributed by atoms with Crippen LogP contribution < -0.4 is 20.3 Å². The Labute approximate surface area is 166 Å². The van der Waals surface area contributed by atoms with Gasteiger partial charge in [-0.25, -0.2) is 4.98 Å². The average molecular weight is 406 g/mol. The third-order valence-electron chi connectivity index (χ3n) is 3.82. The molecule has 0 fully saturated rings. The van der Waals surface area contributed by atoms with Crippen molar-refractivity contribution in [2.45, 2.75) is 19.8 Å². The fourth-order valence-corrected chi connectivity index (χ4v) is 3.52. The average Bonchev–Trinajstić information content (AvgIpc) is 3.12. The van der Waals surface area contributed by atoms with E-state index in [0.717, 1.165) is 17.5 Å². The molecule has 2 aromatic carbocycles. The number of carbonyl (C=O) groups excluding carboxylic acids is 1. The van der Waals surface area contributed by atoms with Gasteiger partial charge in [-0.05, 0) is 36.8 Å². The number of nitrogens with one attached hydrogen (secondary N) is 2. The second kappa shape index (κ2) is 8.92. The van der Waals surface area contributed by atoms with Gasteiger partial charge in [0.25, 0.3) is 5.91 Å². The summed E-state index contributed by atoms with van der Waals surface area (Å²) in [5, 5.41) is 1.10. The van der Waals surface area contributed by atoms with Gasteiger partial charge in [-0.3, -0.25) is 15.6 Å². The Hall–Kier alpha value is -2.51. The third kappa shape index (κ3) is 4.61. The monoisotopic (exact) mass is 405 g/mol. The topological polar surface area (TPSA) is 72.5 Å². The molecule has 0 saturated carbocycles. The van der Waals surface area contributed by atoms with Crippen LogP contribution in [0.5, 0.6) is 11.5 Å². The molecule has 27 heavy (non-hydrogen) atoms. The van der Waals surface area contributed by atoms with Crippen molar-refractivity contribution in [1.82, 2.24) is 10.4 Å². The maximum atomic E-state index is 12.4. The van der Waals surface area contributed by atoms with Gasteiger partial charge < -0.3 is 9.47 Å². The van der Waals surface area contributed by atoms with Gasteiger partial charge >= 0.3 is 0 Å². The molecular formula is C19H20ClN3O3S. The van der Waals surface area contributed by atoms with Gasteiger partial charge in [0.05, 0.1) is 23.4 Å². The number of hydrazine groups is 1. The van der Waals surface area contributed by atoms with Gasteiger partial charge in [-0.1, -0.05) is 42.3 Å². The molecule has 1 heterocycles. The van der Waals surface area contributed by atoms with Crippen molar-refractivity contribution in [1.29, 1.82) is 0 Å². The maximum Gasteiger partial charge on any atom is 0.269 e. The van der Waals surface area contributed by atoms with Crippen molar-refractivity contribution in [3.05, 3.63) is 47.0 Å². The van der Waals surface area contributed by atoms with Crippen molar-refractivity contribution in [3.63, 3.8) is 0 Å². The molecule has 0 aliphatic carbocycles. The van der Waals surface area contributed by atoms with E-state index in [9.17, 15) is 4.79 Å². The first-order valence-electron chi connectivity index (χ1n) is 8.54. The third-order valence-corrected chi connectivity index (χ3v) is 5.26. The molecule has 3 rings (SSSR count). The number of fused-ring (bicyclic) bond motifs is 1. The molecule has 0 aliphatic rings. The zero-order valence-electron chi connectivity index (χ0n) is 15.0. The lowest BCUT2D eigenvalue weighted by atomic mass is 10.2. The van der Waals surface area contributed by atoms with Gasteiger partial charge in [-0.2, -0.15) is 0 Å². The number of hydrogen-bond acceptors (Lipinski definition) is 6. The molecule has 0 unspecified atom stereocenters. The van der Waals surface area contributed by atoms with E-state index in [1.807, 2.05) is 6.07 Å². The van der Waals surface area contributed by atoms with Crippen LogP contribution in [0.15, 0.2) is 36.4 Å². The Morgan fingerprint density at radius 1 is 1.30 bits per heavy atom. The summed E-state index contributed by atoms with van der Waals surface area (Å²) < 4.78 is 11.7. The standard InChI is InChI=1S/C19H20ClN3O3S/c1-3-4-10-26-13-7-5-6-12(11-13)18(24)22-23-19-21-16-15(25-2)9-8-14(20)17(16)27-19/h5-9,11H,3-4,10H2,1-2H3,(H,21,23)(H,22,24). The van der Waals surface area contributed by atoms with E-state index >= 15 is 0 Å². The summed E-state index contributed by atoms with van der Waals surface area (Å²) in [5.41, 5.74) is 6.63. The zero-order valence-corrected chi connectivity index (χ0v) is 16.6. The molecule has 0 aliphatic heterocycles. The summed E-state index contributed by atoms with van der Waals surface area (Å²) in [5.74, 6) is 1.02. The molecule has 0 radical (unpaired) electrons. The summed E-state index contributed by atoms with van der Waals surface area (Å²) in [7, 11) is 1.58. The second-order valence-corrected chi connectivity index (χ2v) is 7.16. The minimum atomic E-state index is -0.284. The van der Waals surface area contributed by atoms with Crippen LogP contribution in [0.2, 0.25) is 5.02 Å². The number of carbonyl (C=O) groups is 1. The molecule has 0 bridgehead atoms. The highest BCUT2D eigenvalue weighted by molar-refractivity contribution is 7.22. The minimum absolute atomic E-state index is 0.284. The molecule has 0 spiro atoms. The highest BCUT2D eigenvalue weighted by Gasteiger charge is 2.13. The summed E-state index contributed by atoms with van der Waals surface area (Å²) in [4.78, 5) is 16.8. The molecule has 1 aromatic heterocycles. The van der Waals surface area contributed by atoms with Crippen molar-refractivity contribution in [3.8, 4) is 11.5 Å². The van der Waals surface area contributed by atoms with E-state index in [1.54, 1.807) is 37.4 Å². The molecule has 3 aromatic rings. The summed E-state index contributed by atoms with van der Waals surface area (Å²) in [6.07, 6.45) is 2.03. The number of halogens is 1. The number of thiazole rings is 1. The van der Waals surface area contributed by atoms with Gasteiger partial charge in [0, 0.05) is 5.56 Å². The lowest BCUT2D eigenvalue weighted by molar-refractivity contribution is 0.0962. The van der Waals surface area contributed by atoms with Crippen molar-refractivity contribution >= 4 is 44.2 Å². The number of ether oxygens (including phenoxy) is 2. The van der Waals surface area contributed by atoms with Crippen molar-refractivity contribution in [2.75, 3.05) is 19.1 Å². The highest BCUT2D eigenvalue weighted by Crippen LogP contribution is 2.37. The fraction of sp³-hybridized carbons (Fsp3) is 0.263. The number of unbranched alkanes of at least 4 members (excludes halogenated alkanes) is 1. The molecule has 142 valence electrons. The maximum absolute atomic E-state index is 12.4. The SMILES string of the molecule is CCCCOc1cccc(C(=O)NNc2nc3c(OC)ccc(Cl)c3s2)c1. The van der Waals surface area contributed by atoms with Crippen molar-refractivity contribution in [2.24, 2.45) is 0 Å². The van der Waals surface area contributed by atoms with E-state index in [0.29, 0.717) is 39.3 Å². The van der Waals surface area contributed by atoms with Crippen LogP contribution in [0.3, 0.4) is 0 Å². The lowest BCUT2D eigenvalue weighted by Crippen LogP contribution is -2.29. The van der Waals surface area contributed by atoms with E-state index in [2.05, 4.69) is 22.8 Å². The van der Waals surface area contributed by atoms with Gasteiger partial charge in [0.15, 0.2) is 0 Å². The van der Waals surface area contributed by atoms with E-state index in [4.69, 9.17) is 21.1 Å². The van der Waals surface area contributed by atoms with Crippen LogP contribution in [0, 0.1) is 0 Å².